The highest BCUT2D eigenvalue weighted by Crippen LogP contribution is 2.32. The molecule has 0 unspecified atom stereocenters. The van der Waals surface area contributed by atoms with Crippen molar-refractivity contribution in [3.05, 3.63) is 35.9 Å². The number of nitrogens with zero attached hydrogens (tertiary/aromatic N) is 3. The second kappa shape index (κ2) is 12.2. The van der Waals surface area contributed by atoms with E-state index in [1.807, 2.05) is 19.1 Å². The van der Waals surface area contributed by atoms with Gasteiger partial charge in [-0.15, -0.1) is 13.2 Å². The van der Waals surface area contributed by atoms with Crippen molar-refractivity contribution in [1.82, 2.24) is 9.88 Å². The Balaban J connectivity index is 1.54. The lowest BCUT2D eigenvalue weighted by atomic mass is 10.0. The second-order valence-electron chi connectivity index (χ2n) is 9.18. The van der Waals surface area contributed by atoms with Crippen LogP contribution in [-0.4, -0.2) is 97.3 Å². The van der Waals surface area contributed by atoms with Crippen LogP contribution >= 0.6 is 0 Å². The Hall–Kier alpha value is -3.13. The molecule has 2 aromatic rings. The molecule has 0 radical (unpaired) electrons. The Labute approximate surface area is 217 Å². The van der Waals surface area contributed by atoms with Crippen molar-refractivity contribution in [2.24, 2.45) is 0 Å². The van der Waals surface area contributed by atoms with E-state index in [1.54, 1.807) is 18.2 Å². The summed E-state index contributed by atoms with van der Waals surface area (Å²) in [5.41, 5.74) is 2.91. The number of aliphatic hydroxyl groups excluding tert-OH is 2. The van der Waals surface area contributed by atoms with Crippen LogP contribution in [0.4, 0.5) is 29.5 Å². The summed E-state index contributed by atoms with van der Waals surface area (Å²) in [5.74, 6) is 0.916. The molecule has 2 atom stereocenters. The lowest BCUT2D eigenvalue weighted by molar-refractivity contribution is -0.340. The normalized spacial score (nSPS) is 18.9. The molecule has 2 amide bonds. The number of aliphatic hydroxyl groups is 2. The number of hydrogen-bond donors (Lipinski definition) is 3. The summed E-state index contributed by atoms with van der Waals surface area (Å²) in [6, 6.07) is 8.41. The topological polar surface area (TPSA) is 117 Å². The number of carbonyl (C=O) groups is 1. The number of urea groups is 1. The minimum atomic E-state index is -4.74. The molecule has 0 saturated carbocycles. The van der Waals surface area contributed by atoms with Crippen LogP contribution in [0.25, 0.3) is 11.1 Å². The minimum absolute atomic E-state index is 0.0984. The van der Waals surface area contributed by atoms with Gasteiger partial charge in [0.2, 0.25) is 5.88 Å². The first-order chi connectivity index (χ1) is 18.1. The second-order valence-corrected chi connectivity index (χ2v) is 9.18. The molecule has 2 aliphatic heterocycles. The van der Waals surface area contributed by atoms with E-state index in [4.69, 9.17) is 14.6 Å². The van der Waals surface area contributed by atoms with Crippen molar-refractivity contribution in [2.75, 3.05) is 62.8 Å². The van der Waals surface area contributed by atoms with E-state index in [2.05, 4.69) is 19.9 Å². The molecule has 0 aliphatic carbocycles. The van der Waals surface area contributed by atoms with Gasteiger partial charge >= 0.3 is 12.4 Å². The first kappa shape index (κ1) is 27.9. The largest absolute Gasteiger partial charge is 0.522 e. The van der Waals surface area contributed by atoms with Gasteiger partial charge in [0.05, 0.1) is 25.9 Å². The van der Waals surface area contributed by atoms with Crippen molar-refractivity contribution in [3.8, 4) is 17.0 Å². The maximum absolute atomic E-state index is 12.7. The predicted molar refractivity (Wildman–Crippen MR) is 132 cm³/mol. The number of likely N-dealkylation sites (tertiary alicyclic amines) is 1. The molecule has 10 nitrogen and oxygen atoms in total. The summed E-state index contributed by atoms with van der Waals surface area (Å²) >= 11 is 0. The zero-order valence-electron chi connectivity index (χ0n) is 20.9. The zero-order chi connectivity index (χ0) is 27.3. The molecule has 2 fully saturated rings. The molecular weight excluding hydrogens is 509 g/mol. The lowest BCUT2D eigenvalue weighted by Crippen LogP contribution is -2.36. The average Bonchev–Trinajstić information content (AvgIpc) is 3.35. The summed E-state index contributed by atoms with van der Waals surface area (Å²) in [7, 11) is 0. The summed E-state index contributed by atoms with van der Waals surface area (Å²) in [5, 5.41) is 21.6. The summed E-state index contributed by atoms with van der Waals surface area (Å²) in [4.78, 5) is 20.6. The number of nitrogens with one attached hydrogen (secondary N) is 1. The number of benzene rings is 1. The lowest BCUT2D eigenvalue weighted by Gasteiger charge is -2.28. The van der Waals surface area contributed by atoms with Crippen LogP contribution < -0.4 is 15.0 Å². The SMILES string of the molecule is Cc1ccc(NC(=O)N2CC[C@H](OC(F)(F)F)C2)cc1-c1cc(OC[C@@H](O)CO)nc(N2CCOCC2)c1. The fraction of sp³-hybridized carbons (Fsp3) is 0.520. The van der Waals surface area contributed by atoms with Gasteiger partial charge in [-0.1, -0.05) is 6.07 Å². The van der Waals surface area contributed by atoms with Gasteiger partial charge in [-0.05, 0) is 48.2 Å². The molecule has 1 aromatic heterocycles. The molecule has 0 spiro atoms. The number of pyridine rings is 1. The molecule has 38 heavy (non-hydrogen) atoms. The molecule has 13 heteroatoms. The van der Waals surface area contributed by atoms with E-state index in [0.717, 1.165) is 16.7 Å². The monoisotopic (exact) mass is 540 g/mol. The van der Waals surface area contributed by atoms with Gasteiger partial charge in [0, 0.05) is 37.9 Å². The number of aromatic nitrogens is 1. The quantitative estimate of drug-likeness (QED) is 0.468. The van der Waals surface area contributed by atoms with Crippen LogP contribution in [0.1, 0.15) is 12.0 Å². The van der Waals surface area contributed by atoms with Gasteiger partial charge in [-0.2, -0.15) is 4.98 Å². The van der Waals surface area contributed by atoms with E-state index in [0.29, 0.717) is 37.8 Å². The third kappa shape index (κ3) is 7.47. The van der Waals surface area contributed by atoms with Gasteiger partial charge < -0.3 is 34.8 Å². The standard InChI is InChI=1S/C25H31F3N4O6/c1-16-2-3-18(29-24(35)32-5-4-20(13-32)38-25(26,27)28)12-21(16)17-10-22(31-6-8-36-9-7-31)30-23(11-17)37-15-19(34)14-33/h2-3,10-12,19-20,33-34H,4-9,13-15H2,1H3,(H,29,35)/t19-,20-/m0/s1. The first-order valence-electron chi connectivity index (χ1n) is 12.3. The van der Waals surface area contributed by atoms with E-state index in [9.17, 15) is 23.1 Å². The molecule has 1 aromatic carbocycles. The van der Waals surface area contributed by atoms with Crippen LogP contribution in [0, 0.1) is 6.92 Å². The van der Waals surface area contributed by atoms with Gasteiger partial charge in [0.1, 0.15) is 18.5 Å². The van der Waals surface area contributed by atoms with Crippen LogP contribution in [-0.2, 0) is 9.47 Å². The number of aryl methyl sites for hydroxylation is 1. The number of carbonyl (C=O) groups excluding carboxylic acids is 1. The van der Waals surface area contributed by atoms with Crippen molar-refractivity contribution in [3.63, 3.8) is 0 Å². The Morgan fingerprint density at radius 3 is 2.71 bits per heavy atom. The highest BCUT2D eigenvalue weighted by atomic mass is 19.4. The van der Waals surface area contributed by atoms with Crippen LogP contribution in [0.3, 0.4) is 0 Å². The van der Waals surface area contributed by atoms with E-state index >= 15 is 0 Å². The maximum atomic E-state index is 12.7. The van der Waals surface area contributed by atoms with Crippen molar-refractivity contribution >= 4 is 17.5 Å². The van der Waals surface area contributed by atoms with Gasteiger partial charge in [0.25, 0.3) is 0 Å². The molecule has 2 aliphatic rings. The number of anilines is 2. The summed E-state index contributed by atoms with van der Waals surface area (Å²) in [6.07, 6.45) is -6.79. The summed E-state index contributed by atoms with van der Waals surface area (Å²) in [6.45, 7) is 3.70. The maximum Gasteiger partial charge on any atom is 0.522 e. The Bertz CT molecular complexity index is 1110. The third-order valence-corrected chi connectivity index (χ3v) is 6.29. The van der Waals surface area contributed by atoms with E-state index < -0.39 is 31.2 Å². The van der Waals surface area contributed by atoms with Crippen molar-refractivity contribution in [1.29, 1.82) is 0 Å². The molecule has 0 bridgehead atoms. The smallest absolute Gasteiger partial charge is 0.475 e. The number of rotatable bonds is 8. The molecule has 4 rings (SSSR count). The highest BCUT2D eigenvalue weighted by molar-refractivity contribution is 5.90. The van der Waals surface area contributed by atoms with E-state index in [1.165, 1.54) is 4.90 Å². The predicted octanol–water partition coefficient (Wildman–Crippen LogP) is 2.77. The molecule has 3 heterocycles. The van der Waals surface area contributed by atoms with Crippen LogP contribution in [0.5, 0.6) is 5.88 Å². The number of halogens is 3. The average molecular weight is 541 g/mol. The number of morpholine rings is 1. The number of ether oxygens (including phenoxy) is 3. The molecule has 208 valence electrons. The third-order valence-electron chi connectivity index (χ3n) is 6.29. The van der Waals surface area contributed by atoms with Crippen molar-refractivity contribution in [2.45, 2.75) is 31.9 Å². The molecule has 3 N–H and O–H groups in total. The number of amides is 2. The van der Waals surface area contributed by atoms with Gasteiger partial charge in [0.15, 0.2) is 0 Å². The number of alkyl halides is 3. The minimum Gasteiger partial charge on any atom is -0.475 e. The van der Waals surface area contributed by atoms with Gasteiger partial charge in [-0.25, -0.2) is 4.79 Å². The Morgan fingerprint density at radius 1 is 1.24 bits per heavy atom. The fourth-order valence-electron chi connectivity index (χ4n) is 4.32. The van der Waals surface area contributed by atoms with Crippen LogP contribution in [0.2, 0.25) is 0 Å². The molecule has 2 saturated heterocycles. The Kier molecular flexibility index (Phi) is 8.92. The first-order valence-corrected chi connectivity index (χ1v) is 12.3. The number of hydrogen-bond acceptors (Lipinski definition) is 8. The van der Waals surface area contributed by atoms with E-state index in [-0.39, 0.29) is 32.0 Å². The summed E-state index contributed by atoms with van der Waals surface area (Å²) < 4.78 is 52.7. The molecular formula is C25H31F3N4O6. The Morgan fingerprint density at radius 2 is 2.00 bits per heavy atom. The van der Waals surface area contributed by atoms with Gasteiger partial charge in [-0.3, -0.25) is 4.74 Å². The van der Waals surface area contributed by atoms with Crippen LogP contribution in [0.15, 0.2) is 30.3 Å². The fourth-order valence-corrected chi connectivity index (χ4v) is 4.32. The zero-order valence-corrected chi connectivity index (χ0v) is 20.9. The van der Waals surface area contributed by atoms with Crippen molar-refractivity contribution < 1.29 is 42.4 Å². The highest BCUT2D eigenvalue weighted by Gasteiger charge is 2.37.